The lowest BCUT2D eigenvalue weighted by Crippen LogP contribution is -2.21. The highest BCUT2D eigenvalue weighted by Crippen LogP contribution is 2.20. The second-order valence-electron chi connectivity index (χ2n) is 4.67. The lowest BCUT2D eigenvalue weighted by atomic mass is 10.3. The van der Waals surface area contributed by atoms with Crippen LogP contribution in [0.3, 0.4) is 0 Å². The van der Waals surface area contributed by atoms with Gasteiger partial charge in [-0.15, -0.1) is 0 Å². The fourth-order valence-electron chi connectivity index (χ4n) is 2.33. The zero-order valence-electron chi connectivity index (χ0n) is 10.4. The molecule has 2 aliphatic rings. The van der Waals surface area contributed by atoms with Crippen molar-refractivity contribution >= 4 is 6.21 Å². The Balaban J connectivity index is 1.64. The van der Waals surface area contributed by atoms with Crippen LogP contribution in [0.1, 0.15) is 24.8 Å². The van der Waals surface area contributed by atoms with Crippen LogP contribution in [-0.2, 0) is 0 Å². The predicted molar refractivity (Wildman–Crippen MR) is 70.8 cm³/mol. The minimum atomic E-state index is 0.659. The van der Waals surface area contributed by atoms with E-state index in [-0.39, 0.29) is 0 Å². The first-order chi connectivity index (χ1) is 8.92. The molecule has 1 saturated heterocycles. The fourth-order valence-corrected chi connectivity index (χ4v) is 2.33. The lowest BCUT2D eigenvalue weighted by Gasteiger charge is -2.15. The van der Waals surface area contributed by atoms with E-state index in [2.05, 4.69) is 14.9 Å². The molecule has 0 aromatic carbocycles. The molecule has 0 spiro atoms. The minimum Gasteiger partial charge on any atom is -0.441 e. The highest BCUT2D eigenvalue weighted by Gasteiger charge is 2.14. The van der Waals surface area contributed by atoms with E-state index in [9.17, 15) is 0 Å². The van der Waals surface area contributed by atoms with Crippen LogP contribution in [0.5, 0.6) is 5.88 Å². The third kappa shape index (κ3) is 2.59. The topological polar surface area (TPSA) is 37.7 Å². The molecule has 4 nitrogen and oxygen atoms in total. The molecule has 0 unspecified atom stereocenters. The summed E-state index contributed by atoms with van der Waals surface area (Å²) < 4.78 is 5.82. The molecule has 3 heterocycles. The number of hydrogen-bond donors (Lipinski definition) is 0. The number of fused-ring (bicyclic) bond motifs is 1. The highest BCUT2D eigenvalue weighted by atomic mass is 16.5. The molecule has 1 fully saturated rings. The van der Waals surface area contributed by atoms with Gasteiger partial charge in [-0.25, -0.2) is 4.98 Å². The second-order valence-corrected chi connectivity index (χ2v) is 4.67. The summed E-state index contributed by atoms with van der Waals surface area (Å²) >= 11 is 0. The Morgan fingerprint density at radius 2 is 2.17 bits per heavy atom. The van der Waals surface area contributed by atoms with Gasteiger partial charge in [0.15, 0.2) is 0 Å². The van der Waals surface area contributed by atoms with Gasteiger partial charge in [-0.3, -0.25) is 4.99 Å². The molecule has 94 valence electrons. The molecular formula is C14H17N3O. The molecule has 3 rings (SSSR count). The Labute approximate surface area is 107 Å². The number of rotatable bonds is 3. The van der Waals surface area contributed by atoms with Crippen molar-refractivity contribution < 1.29 is 4.74 Å². The average molecular weight is 243 g/mol. The first-order valence-corrected chi connectivity index (χ1v) is 6.49. The summed E-state index contributed by atoms with van der Waals surface area (Å²) in [7, 11) is 0. The Kier molecular flexibility index (Phi) is 3.37. The molecule has 18 heavy (non-hydrogen) atoms. The summed E-state index contributed by atoms with van der Waals surface area (Å²) in [4.78, 5) is 11.0. The molecule has 0 saturated carbocycles. The zero-order chi connectivity index (χ0) is 12.2. The fraction of sp³-hybridized carbons (Fsp3) is 0.429. The predicted octanol–water partition coefficient (Wildman–Crippen LogP) is 2.22. The molecule has 0 radical (unpaired) electrons. The lowest BCUT2D eigenvalue weighted by molar-refractivity contribution is 0.309. The zero-order valence-corrected chi connectivity index (χ0v) is 10.4. The van der Waals surface area contributed by atoms with Crippen molar-refractivity contribution in [1.29, 1.82) is 0 Å². The van der Waals surface area contributed by atoms with Gasteiger partial charge in [0.2, 0.25) is 5.88 Å². The SMILES string of the molecule is C1=NC=C(CCN2CCCC2)Oc2ncccc21. The van der Waals surface area contributed by atoms with Gasteiger partial charge in [-0.2, -0.15) is 0 Å². The Bertz CT molecular complexity index is 476. The summed E-state index contributed by atoms with van der Waals surface area (Å²) in [5.74, 6) is 1.56. The summed E-state index contributed by atoms with van der Waals surface area (Å²) in [5.41, 5.74) is 0.935. The molecule has 0 amide bonds. The summed E-state index contributed by atoms with van der Waals surface area (Å²) in [6.45, 7) is 3.47. The first kappa shape index (κ1) is 11.4. The highest BCUT2D eigenvalue weighted by molar-refractivity contribution is 5.83. The number of hydrogen-bond acceptors (Lipinski definition) is 4. The van der Waals surface area contributed by atoms with Crippen LogP contribution in [0.15, 0.2) is 35.3 Å². The van der Waals surface area contributed by atoms with E-state index in [0.29, 0.717) is 5.88 Å². The van der Waals surface area contributed by atoms with Gasteiger partial charge >= 0.3 is 0 Å². The third-order valence-corrected chi connectivity index (χ3v) is 3.33. The second kappa shape index (κ2) is 5.31. The number of nitrogens with zero attached hydrogens (tertiary/aromatic N) is 3. The molecule has 0 N–H and O–H groups in total. The number of pyridine rings is 1. The first-order valence-electron chi connectivity index (χ1n) is 6.49. The quantitative estimate of drug-likeness (QED) is 0.817. The van der Waals surface area contributed by atoms with Crippen molar-refractivity contribution in [1.82, 2.24) is 9.88 Å². The summed E-state index contributed by atoms with van der Waals surface area (Å²) in [6.07, 6.45) is 8.89. The maximum absolute atomic E-state index is 5.82. The summed E-state index contributed by atoms with van der Waals surface area (Å²) in [6, 6.07) is 3.85. The van der Waals surface area contributed by atoms with E-state index in [0.717, 1.165) is 24.3 Å². The molecule has 1 aromatic rings. The summed E-state index contributed by atoms with van der Waals surface area (Å²) in [5, 5.41) is 0. The molecule has 0 aliphatic carbocycles. The van der Waals surface area contributed by atoms with Gasteiger partial charge in [0.25, 0.3) is 0 Å². The van der Waals surface area contributed by atoms with E-state index in [4.69, 9.17) is 4.74 Å². The number of ether oxygens (including phenoxy) is 1. The third-order valence-electron chi connectivity index (χ3n) is 3.33. The van der Waals surface area contributed by atoms with Crippen LogP contribution >= 0.6 is 0 Å². The Morgan fingerprint density at radius 1 is 1.28 bits per heavy atom. The molecule has 0 atom stereocenters. The number of aromatic nitrogens is 1. The van der Waals surface area contributed by atoms with E-state index >= 15 is 0 Å². The molecule has 1 aromatic heterocycles. The normalized spacial score (nSPS) is 19.0. The van der Waals surface area contributed by atoms with Crippen molar-refractivity contribution in [2.24, 2.45) is 4.99 Å². The minimum absolute atomic E-state index is 0.659. The van der Waals surface area contributed by atoms with Crippen LogP contribution in [0, 0.1) is 0 Å². The monoisotopic (exact) mass is 243 g/mol. The molecular weight excluding hydrogens is 226 g/mol. The molecule has 2 aliphatic heterocycles. The molecule has 4 heteroatoms. The van der Waals surface area contributed by atoms with Gasteiger partial charge in [0.1, 0.15) is 5.76 Å². The van der Waals surface area contributed by atoms with Gasteiger partial charge < -0.3 is 9.64 Å². The van der Waals surface area contributed by atoms with Crippen molar-refractivity contribution in [3.8, 4) is 5.88 Å². The van der Waals surface area contributed by atoms with E-state index < -0.39 is 0 Å². The maximum Gasteiger partial charge on any atom is 0.227 e. The van der Waals surface area contributed by atoms with Crippen LogP contribution < -0.4 is 4.74 Å². The smallest absolute Gasteiger partial charge is 0.227 e. The number of likely N-dealkylation sites (tertiary alicyclic amines) is 1. The van der Waals surface area contributed by atoms with Crippen molar-refractivity contribution in [3.05, 3.63) is 35.9 Å². The van der Waals surface area contributed by atoms with Crippen LogP contribution in [0.25, 0.3) is 0 Å². The van der Waals surface area contributed by atoms with Gasteiger partial charge in [0, 0.05) is 25.4 Å². The number of aliphatic imine (C=N–C) groups is 1. The Hall–Kier alpha value is -1.68. The van der Waals surface area contributed by atoms with Gasteiger partial charge in [0.05, 0.1) is 11.8 Å². The largest absolute Gasteiger partial charge is 0.441 e. The van der Waals surface area contributed by atoms with Crippen LogP contribution in [0.2, 0.25) is 0 Å². The van der Waals surface area contributed by atoms with Crippen molar-refractivity contribution in [2.45, 2.75) is 19.3 Å². The van der Waals surface area contributed by atoms with Gasteiger partial charge in [-0.05, 0) is 38.1 Å². The molecule has 0 bridgehead atoms. The van der Waals surface area contributed by atoms with E-state index in [1.54, 1.807) is 18.6 Å². The van der Waals surface area contributed by atoms with Gasteiger partial charge in [-0.1, -0.05) is 0 Å². The standard InChI is InChI=1S/C14H17N3O/c1-2-8-17(7-1)9-5-13-11-15-10-12-4-3-6-16-14(12)18-13/h3-4,6,10-11H,1-2,5,7-9H2. The Morgan fingerprint density at radius 3 is 3.06 bits per heavy atom. The van der Waals surface area contributed by atoms with E-state index in [1.807, 2.05) is 12.1 Å². The van der Waals surface area contributed by atoms with Crippen LogP contribution in [-0.4, -0.2) is 35.7 Å². The average Bonchev–Trinajstić information content (AvgIpc) is 2.82. The van der Waals surface area contributed by atoms with E-state index in [1.165, 1.54) is 25.9 Å². The van der Waals surface area contributed by atoms with Crippen molar-refractivity contribution in [2.75, 3.05) is 19.6 Å². The van der Waals surface area contributed by atoms with Crippen LogP contribution in [0.4, 0.5) is 0 Å². The van der Waals surface area contributed by atoms with Crippen molar-refractivity contribution in [3.63, 3.8) is 0 Å². The maximum atomic E-state index is 5.82.